The zero-order chi connectivity index (χ0) is 19.1. The monoisotopic (exact) mass is 394 g/mol. The lowest BCUT2D eigenvalue weighted by Crippen LogP contribution is -2.15. The summed E-state index contributed by atoms with van der Waals surface area (Å²) in [6.45, 7) is 0.942. The van der Waals surface area contributed by atoms with Gasteiger partial charge in [0.1, 0.15) is 22.5 Å². The van der Waals surface area contributed by atoms with E-state index in [2.05, 4.69) is 25.4 Å². The van der Waals surface area contributed by atoms with Gasteiger partial charge in [-0.2, -0.15) is 5.10 Å². The molecule has 0 bridgehead atoms. The number of hydrogen-bond donors (Lipinski definition) is 1. The molecule has 2 saturated carbocycles. The Bertz CT molecular complexity index is 1040. The SMILES string of the molecule is O=C(Nc1cc(Cl)nc(C2CC2)n1)c1cccc(-c2cnn(CC3CC3)c2)n1. The van der Waals surface area contributed by atoms with Crippen molar-refractivity contribution in [2.75, 3.05) is 5.32 Å². The molecule has 0 unspecified atom stereocenters. The van der Waals surface area contributed by atoms with Crippen molar-refractivity contribution in [2.45, 2.75) is 38.1 Å². The third-order valence-electron chi connectivity index (χ3n) is 4.95. The van der Waals surface area contributed by atoms with Gasteiger partial charge in [0.05, 0.1) is 11.9 Å². The van der Waals surface area contributed by atoms with Crippen molar-refractivity contribution in [3.63, 3.8) is 0 Å². The number of hydrogen-bond acceptors (Lipinski definition) is 5. The molecule has 142 valence electrons. The molecule has 0 aromatic carbocycles. The first-order valence-corrected chi connectivity index (χ1v) is 9.87. The van der Waals surface area contributed by atoms with E-state index >= 15 is 0 Å². The molecule has 0 aliphatic heterocycles. The van der Waals surface area contributed by atoms with Gasteiger partial charge in [-0.05, 0) is 43.7 Å². The average molecular weight is 395 g/mol. The first-order valence-electron chi connectivity index (χ1n) is 9.50. The van der Waals surface area contributed by atoms with E-state index in [0.717, 1.165) is 30.9 Å². The van der Waals surface area contributed by atoms with Gasteiger partial charge in [-0.3, -0.25) is 9.48 Å². The summed E-state index contributed by atoms with van der Waals surface area (Å²) in [5, 5.41) is 7.51. The van der Waals surface area contributed by atoms with Crippen LogP contribution in [0.15, 0.2) is 36.7 Å². The van der Waals surface area contributed by atoms with Crippen molar-refractivity contribution in [1.82, 2.24) is 24.7 Å². The van der Waals surface area contributed by atoms with Crippen molar-refractivity contribution >= 4 is 23.3 Å². The standard InChI is InChI=1S/C20H19ClN6O/c21-17-8-18(25-19(24-17)13-6-7-13)26-20(28)16-3-1-2-15(23-16)14-9-22-27(11-14)10-12-4-5-12/h1-3,8-9,11-13H,4-7,10H2,(H,24,25,26,28). The van der Waals surface area contributed by atoms with Crippen LogP contribution in [0.25, 0.3) is 11.3 Å². The molecule has 5 rings (SSSR count). The summed E-state index contributed by atoms with van der Waals surface area (Å²) in [7, 11) is 0. The molecule has 28 heavy (non-hydrogen) atoms. The first kappa shape index (κ1) is 17.3. The minimum absolute atomic E-state index is 0.315. The number of aromatic nitrogens is 5. The van der Waals surface area contributed by atoms with Gasteiger partial charge < -0.3 is 5.32 Å². The predicted molar refractivity (Wildman–Crippen MR) is 105 cm³/mol. The molecule has 0 spiro atoms. The number of carbonyl (C=O) groups is 1. The zero-order valence-corrected chi connectivity index (χ0v) is 15.9. The highest BCUT2D eigenvalue weighted by Crippen LogP contribution is 2.38. The van der Waals surface area contributed by atoms with Crippen molar-refractivity contribution in [3.05, 3.63) is 53.3 Å². The summed E-state index contributed by atoms with van der Waals surface area (Å²) in [4.78, 5) is 25.8. The van der Waals surface area contributed by atoms with Crippen molar-refractivity contribution in [2.24, 2.45) is 5.92 Å². The van der Waals surface area contributed by atoms with E-state index in [0.29, 0.717) is 34.1 Å². The molecule has 2 fully saturated rings. The number of carbonyl (C=O) groups excluding carboxylic acids is 1. The number of halogens is 1. The van der Waals surface area contributed by atoms with E-state index in [4.69, 9.17) is 11.6 Å². The highest BCUT2D eigenvalue weighted by Gasteiger charge is 2.27. The maximum absolute atomic E-state index is 12.7. The molecular formula is C20H19ClN6O. The number of rotatable bonds is 6. The summed E-state index contributed by atoms with van der Waals surface area (Å²) >= 11 is 6.07. The molecule has 1 amide bonds. The molecule has 7 nitrogen and oxygen atoms in total. The molecule has 3 heterocycles. The molecule has 0 saturated heterocycles. The molecule has 2 aliphatic rings. The first-order chi connectivity index (χ1) is 13.6. The van der Waals surface area contributed by atoms with Crippen LogP contribution in [0.4, 0.5) is 5.82 Å². The van der Waals surface area contributed by atoms with Crippen LogP contribution in [-0.2, 0) is 6.54 Å². The smallest absolute Gasteiger partial charge is 0.275 e. The molecule has 8 heteroatoms. The third kappa shape index (κ3) is 3.89. The third-order valence-corrected chi connectivity index (χ3v) is 5.14. The van der Waals surface area contributed by atoms with Gasteiger partial charge >= 0.3 is 0 Å². The minimum Gasteiger partial charge on any atom is -0.305 e. The van der Waals surface area contributed by atoms with E-state index in [9.17, 15) is 4.79 Å². The Kier molecular flexibility index (Phi) is 4.31. The Morgan fingerprint density at radius 1 is 1.18 bits per heavy atom. The van der Waals surface area contributed by atoms with E-state index in [1.165, 1.54) is 12.8 Å². The highest BCUT2D eigenvalue weighted by molar-refractivity contribution is 6.29. The molecule has 3 aromatic rings. The fourth-order valence-corrected chi connectivity index (χ4v) is 3.28. The fourth-order valence-electron chi connectivity index (χ4n) is 3.09. The number of amides is 1. The van der Waals surface area contributed by atoms with Crippen LogP contribution in [0.2, 0.25) is 5.15 Å². The molecular weight excluding hydrogens is 376 g/mol. The molecule has 2 aliphatic carbocycles. The second kappa shape index (κ2) is 6.98. The van der Waals surface area contributed by atoms with E-state index in [-0.39, 0.29) is 5.91 Å². The summed E-state index contributed by atoms with van der Waals surface area (Å²) in [6.07, 6.45) is 8.45. The number of anilines is 1. The van der Waals surface area contributed by atoms with Crippen molar-refractivity contribution in [3.8, 4) is 11.3 Å². The van der Waals surface area contributed by atoms with Gasteiger partial charge in [-0.25, -0.2) is 15.0 Å². The maximum Gasteiger partial charge on any atom is 0.275 e. The second-order valence-electron chi connectivity index (χ2n) is 7.46. The van der Waals surface area contributed by atoms with Gasteiger partial charge in [0.2, 0.25) is 0 Å². The van der Waals surface area contributed by atoms with Gasteiger partial charge in [0, 0.05) is 30.3 Å². The number of pyridine rings is 1. The van der Waals surface area contributed by atoms with Crippen LogP contribution in [0.3, 0.4) is 0 Å². The number of nitrogens with zero attached hydrogens (tertiary/aromatic N) is 5. The molecule has 0 radical (unpaired) electrons. The summed E-state index contributed by atoms with van der Waals surface area (Å²) in [5.41, 5.74) is 1.93. The van der Waals surface area contributed by atoms with E-state index in [1.54, 1.807) is 18.3 Å². The summed E-state index contributed by atoms with van der Waals surface area (Å²) in [6, 6.07) is 6.93. The topological polar surface area (TPSA) is 85.6 Å². The summed E-state index contributed by atoms with van der Waals surface area (Å²) in [5.74, 6) is 1.86. The number of nitrogens with one attached hydrogen (secondary N) is 1. The van der Waals surface area contributed by atoms with Crippen LogP contribution in [0.1, 0.15) is 47.9 Å². The zero-order valence-electron chi connectivity index (χ0n) is 15.2. The second-order valence-corrected chi connectivity index (χ2v) is 7.85. The van der Waals surface area contributed by atoms with Crippen molar-refractivity contribution < 1.29 is 4.79 Å². The van der Waals surface area contributed by atoms with Crippen LogP contribution < -0.4 is 5.32 Å². The van der Waals surface area contributed by atoms with E-state index in [1.807, 2.05) is 23.0 Å². The van der Waals surface area contributed by atoms with Crippen LogP contribution in [-0.4, -0.2) is 30.6 Å². The van der Waals surface area contributed by atoms with Gasteiger partial charge in [0.15, 0.2) is 0 Å². The Labute approximate surface area is 167 Å². The van der Waals surface area contributed by atoms with Crippen LogP contribution >= 0.6 is 11.6 Å². The lowest BCUT2D eigenvalue weighted by Gasteiger charge is -2.07. The molecule has 3 aromatic heterocycles. The highest BCUT2D eigenvalue weighted by atomic mass is 35.5. The Morgan fingerprint density at radius 2 is 2.04 bits per heavy atom. The van der Waals surface area contributed by atoms with Gasteiger partial charge in [-0.15, -0.1) is 0 Å². The molecule has 1 N–H and O–H groups in total. The van der Waals surface area contributed by atoms with Crippen LogP contribution in [0, 0.1) is 5.92 Å². The summed E-state index contributed by atoms with van der Waals surface area (Å²) < 4.78 is 1.95. The van der Waals surface area contributed by atoms with E-state index < -0.39 is 0 Å². The quantitative estimate of drug-likeness (QED) is 0.640. The minimum atomic E-state index is -0.330. The predicted octanol–water partition coefficient (Wildman–Crippen LogP) is 3.93. The van der Waals surface area contributed by atoms with Crippen molar-refractivity contribution in [1.29, 1.82) is 0 Å². The van der Waals surface area contributed by atoms with Gasteiger partial charge in [0.25, 0.3) is 5.91 Å². The maximum atomic E-state index is 12.7. The largest absolute Gasteiger partial charge is 0.305 e. The Morgan fingerprint density at radius 3 is 2.82 bits per heavy atom. The average Bonchev–Trinajstić information content (AvgIpc) is 3.60. The fraction of sp³-hybridized carbons (Fsp3) is 0.350. The lowest BCUT2D eigenvalue weighted by molar-refractivity contribution is 0.102. The Hall–Kier alpha value is -2.80. The molecule has 0 atom stereocenters. The normalized spacial score (nSPS) is 16.2. The van der Waals surface area contributed by atoms with Crippen LogP contribution in [0.5, 0.6) is 0 Å². The lowest BCUT2D eigenvalue weighted by atomic mass is 10.2. The van der Waals surface area contributed by atoms with Gasteiger partial charge in [-0.1, -0.05) is 17.7 Å². The Balaban J connectivity index is 1.34.